The molecular weight excluding hydrogens is 265 g/mol. The van der Waals surface area contributed by atoms with Gasteiger partial charge in [-0.15, -0.1) is 11.3 Å². The number of aryl methyl sites for hydroxylation is 1. The number of thiophene rings is 1. The number of halogens is 1. The molecule has 2 N–H and O–H groups in total. The Kier molecular flexibility index (Phi) is 3.85. The lowest BCUT2D eigenvalue weighted by atomic mass is 10.1. The summed E-state index contributed by atoms with van der Waals surface area (Å²) in [6.45, 7) is 3.70. The number of carbonyl (C=O) groups excluding carboxylic acids is 1. The Balaban J connectivity index is 2.45. The van der Waals surface area contributed by atoms with Crippen LogP contribution in [0, 0.1) is 12.7 Å². The Bertz CT molecular complexity index is 622. The Hall–Kier alpha value is -1.88. The van der Waals surface area contributed by atoms with Crippen molar-refractivity contribution in [3.8, 4) is 10.4 Å². The van der Waals surface area contributed by atoms with Crippen LogP contribution >= 0.6 is 11.3 Å². The summed E-state index contributed by atoms with van der Waals surface area (Å²) in [7, 11) is 0. The molecule has 2 aromatic rings. The molecule has 100 valence electrons. The number of benzene rings is 1. The van der Waals surface area contributed by atoms with Gasteiger partial charge in [-0.25, -0.2) is 9.18 Å². The van der Waals surface area contributed by atoms with Crippen LogP contribution < -0.4 is 5.73 Å². The van der Waals surface area contributed by atoms with E-state index < -0.39 is 5.97 Å². The van der Waals surface area contributed by atoms with Crippen molar-refractivity contribution < 1.29 is 13.9 Å². The fourth-order valence-corrected chi connectivity index (χ4v) is 2.72. The van der Waals surface area contributed by atoms with Gasteiger partial charge in [-0.3, -0.25) is 0 Å². The summed E-state index contributed by atoms with van der Waals surface area (Å²) in [5.74, 6) is -0.761. The zero-order valence-electron chi connectivity index (χ0n) is 10.7. The predicted octanol–water partition coefficient (Wildman–Crippen LogP) is 3.62. The molecule has 1 aromatic carbocycles. The molecule has 0 atom stereocenters. The Morgan fingerprint density at radius 1 is 1.47 bits per heavy atom. The molecule has 0 aliphatic heterocycles. The van der Waals surface area contributed by atoms with E-state index in [4.69, 9.17) is 10.5 Å². The normalized spacial score (nSPS) is 10.5. The number of hydrogen-bond acceptors (Lipinski definition) is 4. The molecule has 0 fully saturated rings. The lowest BCUT2D eigenvalue weighted by Crippen LogP contribution is -2.04. The van der Waals surface area contributed by atoms with Gasteiger partial charge in [-0.1, -0.05) is 18.2 Å². The molecule has 0 radical (unpaired) electrons. The molecule has 19 heavy (non-hydrogen) atoms. The average molecular weight is 279 g/mol. The highest BCUT2D eigenvalue weighted by Crippen LogP contribution is 2.35. The maximum absolute atomic E-state index is 14.0. The van der Waals surface area contributed by atoms with E-state index in [0.29, 0.717) is 26.6 Å². The maximum Gasteiger partial charge on any atom is 0.350 e. The van der Waals surface area contributed by atoms with E-state index >= 15 is 0 Å². The van der Waals surface area contributed by atoms with Gasteiger partial charge >= 0.3 is 5.97 Å². The number of rotatable bonds is 3. The molecule has 0 amide bonds. The molecule has 0 aliphatic rings. The van der Waals surface area contributed by atoms with Gasteiger partial charge in [-0.05, 0) is 25.5 Å². The largest absolute Gasteiger partial charge is 0.462 e. The summed E-state index contributed by atoms with van der Waals surface area (Å²) in [5, 5.41) is 0. The molecule has 0 saturated heterocycles. The molecule has 0 aliphatic carbocycles. The Labute approximate surface area is 114 Å². The second-order valence-corrected chi connectivity index (χ2v) is 5.10. The standard InChI is InChI=1S/C14H14FNO2S/c1-3-18-14(17)13-10(16)7-11(19-13)9-6-4-5-8(2)12(9)15/h4-7H,3,16H2,1-2H3. The first-order chi connectivity index (χ1) is 9.04. The van der Waals surface area contributed by atoms with Crippen LogP contribution in [0.25, 0.3) is 10.4 Å². The predicted molar refractivity (Wildman–Crippen MR) is 74.8 cm³/mol. The zero-order chi connectivity index (χ0) is 14.0. The number of esters is 1. The molecule has 1 aromatic heterocycles. The van der Waals surface area contributed by atoms with Gasteiger partial charge in [0.2, 0.25) is 0 Å². The second-order valence-electron chi connectivity index (χ2n) is 4.05. The molecule has 3 nitrogen and oxygen atoms in total. The topological polar surface area (TPSA) is 52.3 Å². The number of ether oxygens (including phenoxy) is 1. The number of nitrogens with two attached hydrogens (primary N) is 1. The van der Waals surface area contributed by atoms with Gasteiger partial charge in [0.05, 0.1) is 12.3 Å². The van der Waals surface area contributed by atoms with Crippen molar-refractivity contribution in [3.05, 3.63) is 40.5 Å². The van der Waals surface area contributed by atoms with Crippen molar-refractivity contribution in [3.63, 3.8) is 0 Å². The van der Waals surface area contributed by atoms with E-state index in [-0.39, 0.29) is 12.4 Å². The van der Waals surface area contributed by atoms with E-state index in [9.17, 15) is 9.18 Å². The smallest absolute Gasteiger partial charge is 0.350 e. The monoisotopic (exact) mass is 279 g/mol. The van der Waals surface area contributed by atoms with Gasteiger partial charge in [0.25, 0.3) is 0 Å². The fourth-order valence-electron chi connectivity index (χ4n) is 1.73. The molecule has 0 saturated carbocycles. The van der Waals surface area contributed by atoms with Crippen molar-refractivity contribution in [2.75, 3.05) is 12.3 Å². The molecule has 1 heterocycles. The summed E-state index contributed by atoms with van der Waals surface area (Å²) in [6, 6.07) is 6.74. The first-order valence-corrected chi connectivity index (χ1v) is 6.68. The van der Waals surface area contributed by atoms with Crippen LogP contribution in [0.2, 0.25) is 0 Å². The van der Waals surface area contributed by atoms with E-state index in [0.717, 1.165) is 11.3 Å². The van der Waals surface area contributed by atoms with E-state index in [1.807, 2.05) is 0 Å². The van der Waals surface area contributed by atoms with E-state index in [1.165, 1.54) is 0 Å². The van der Waals surface area contributed by atoms with Crippen LogP contribution in [0.1, 0.15) is 22.2 Å². The van der Waals surface area contributed by atoms with Crippen LogP contribution in [0.4, 0.5) is 10.1 Å². The highest BCUT2D eigenvalue weighted by atomic mass is 32.1. The van der Waals surface area contributed by atoms with Crippen molar-refractivity contribution in [2.24, 2.45) is 0 Å². The van der Waals surface area contributed by atoms with Gasteiger partial charge in [0.1, 0.15) is 10.7 Å². The SMILES string of the molecule is CCOC(=O)c1sc(-c2cccc(C)c2F)cc1N. The molecule has 2 rings (SSSR count). The molecular formula is C14H14FNO2S. The summed E-state index contributed by atoms with van der Waals surface area (Å²) in [6.07, 6.45) is 0. The first-order valence-electron chi connectivity index (χ1n) is 5.86. The lowest BCUT2D eigenvalue weighted by molar-refractivity contribution is 0.0533. The van der Waals surface area contributed by atoms with Crippen LogP contribution in [0.5, 0.6) is 0 Å². The van der Waals surface area contributed by atoms with Crippen LogP contribution in [-0.2, 0) is 4.74 Å². The summed E-state index contributed by atoms with van der Waals surface area (Å²) >= 11 is 1.14. The third-order valence-electron chi connectivity index (χ3n) is 2.68. The Morgan fingerprint density at radius 3 is 2.89 bits per heavy atom. The fraction of sp³-hybridized carbons (Fsp3) is 0.214. The Morgan fingerprint density at radius 2 is 2.21 bits per heavy atom. The van der Waals surface area contributed by atoms with Crippen LogP contribution in [0.15, 0.2) is 24.3 Å². The van der Waals surface area contributed by atoms with Crippen LogP contribution in [-0.4, -0.2) is 12.6 Å². The maximum atomic E-state index is 14.0. The number of nitrogen functional groups attached to an aromatic ring is 1. The zero-order valence-corrected chi connectivity index (χ0v) is 11.5. The van der Waals surface area contributed by atoms with Gasteiger partial charge in [0, 0.05) is 10.4 Å². The minimum atomic E-state index is -0.468. The summed E-state index contributed by atoms with van der Waals surface area (Å²) < 4.78 is 18.9. The molecule has 0 spiro atoms. The van der Waals surface area contributed by atoms with Gasteiger partial charge < -0.3 is 10.5 Å². The minimum absolute atomic E-state index is 0.282. The van der Waals surface area contributed by atoms with Crippen molar-refractivity contribution >= 4 is 23.0 Å². The lowest BCUT2D eigenvalue weighted by Gasteiger charge is -2.02. The van der Waals surface area contributed by atoms with Crippen molar-refractivity contribution in [1.82, 2.24) is 0 Å². The number of hydrogen-bond donors (Lipinski definition) is 1. The third-order valence-corrected chi connectivity index (χ3v) is 3.84. The molecule has 0 unspecified atom stereocenters. The summed E-state index contributed by atoms with van der Waals surface area (Å²) in [4.78, 5) is 12.6. The van der Waals surface area contributed by atoms with Gasteiger partial charge in [0.15, 0.2) is 0 Å². The average Bonchev–Trinajstić information content (AvgIpc) is 2.75. The van der Waals surface area contributed by atoms with E-state index in [2.05, 4.69) is 0 Å². The second kappa shape index (κ2) is 5.40. The van der Waals surface area contributed by atoms with Crippen molar-refractivity contribution in [2.45, 2.75) is 13.8 Å². The number of carbonyl (C=O) groups is 1. The van der Waals surface area contributed by atoms with Crippen molar-refractivity contribution in [1.29, 1.82) is 0 Å². The number of anilines is 1. The quantitative estimate of drug-likeness (QED) is 0.873. The highest BCUT2D eigenvalue weighted by Gasteiger charge is 2.18. The first kappa shape index (κ1) is 13.5. The molecule has 0 bridgehead atoms. The summed E-state index contributed by atoms with van der Waals surface area (Å²) in [5.41, 5.74) is 7.11. The minimum Gasteiger partial charge on any atom is -0.462 e. The van der Waals surface area contributed by atoms with Crippen LogP contribution in [0.3, 0.4) is 0 Å². The van der Waals surface area contributed by atoms with Gasteiger partial charge in [-0.2, -0.15) is 0 Å². The third kappa shape index (κ3) is 2.61. The van der Waals surface area contributed by atoms with E-state index in [1.54, 1.807) is 38.1 Å². The highest BCUT2D eigenvalue weighted by molar-refractivity contribution is 7.18. The molecule has 5 heteroatoms.